The molecule has 1 aromatic carbocycles. The second-order valence-electron chi connectivity index (χ2n) is 4.40. The van der Waals surface area contributed by atoms with Crippen molar-refractivity contribution in [3.8, 4) is 0 Å². The highest BCUT2D eigenvalue weighted by molar-refractivity contribution is 9.10. The Bertz CT molecular complexity index is 738. The lowest BCUT2D eigenvalue weighted by Crippen LogP contribution is -2.15. The minimum atomic E-state index is -3.69. The van der Waals surface area contributed by atoms with Gasteiger partial charge in [0.05, 0.1) is 11.5 Å². The minimum Gasteiger partial charge on any atom is -0.391 e. The first-order chi connectivity index (χ1) is 9.35. The third kappa shape index (κ3) is 3.06. The van der Waals surface area contributed by atoms with Gasteiger partial charge in [0.25, 0.3) is 10.0 Å². The standard InChI is InChI=1S/C13H14BrNO3S2/c1-8-5-10(3-4-11(8)14)15-20(17,18)13-9(2)7-19-12(13)6-16/h3-5,7,15-16H,6H2,1-2H3. The number of thiophene rings is 1. The number of aliphatic hydroxyl groups excluding tert-OH is 1. The molecule has 0 saturated heterocycles. The van der Waals surface area contributed by atoms with Gasteiger partial charge in [0, 0.05) is 10.2 Å². The van der Waals surface area contributed by atoms with Gasteiger partial charge in [-0.05, 0) is 48.6 Å². The summed E-state index contributed by atoms with van der Waals surface area (Å²) in [6, 6.07) is 5.23. The van der Waals surface area contributed by atoms with Crippen LogP contribution in [0.4, 0.5) is 5.69 Å². The summed E-state index contributed by atoms with van der Waals surface area (Å²) < 4.78 is 28.3. The van der Waals surface area contributed by atoms with Crippen LogP contribution in [0.5, 0.6) is 0 Å². The highest BCUT2D eigenvalue weighted by Gasteiger charge is 2.22. The molecular formula is C13H14BrNO3S2. The molecule has 0 saturated carbocycles. The number of hydrogen-bond donors (Lipinski definition) is 2. The number of nitrogens with one attached hydrogen (secondary N) is 1. The fraction of sp³-hybridized carbons (Fsp3) is 0.231. The summed E-state index contributed by atoms with van der Waals surface area (Å²) in [5.41, 5.74) is 2.08. The van der Waals surface area contributed by atoms with Gasteiger partial charge in [0.1, 0.15) is 4.90 Å². The molecule has 0 amide bonds. The molecule has 0 aliphatic rings. The van der Waals surface area contributed by atoms with Crippen molar-refractivity contribution in [2.45, 2.75) is 25.3 Å². The minimum absolute atomic E-state index is 0.172. The van der Waals surface area contributed by atoms with Crippen molar-refractivity contribution in [2.24, 2.45) is 0 Å². The van der Waals surface area contributed by atoms with E-state index in [-0.39, 0.29) is 11.5 Å². The quantitative estimate of drug-likeness (QED) is 0.859. The Morgan fingerprint density at radius 1 is 1.30 bits per heavy atom. The highest BCUT2D eigenvalue weighted by Crippen LogP contribution is 2.29. The third-order valence-electron chi connectivity index (χ3n) is 2.81. The van der Waals surface area contributed by atoms with E-state index < -0.39 is 10.0 Å². The zero-order chi connectivity index (χ0) is 14.9. The maximum atomic E-state index is 12.4. The summed E-state index contributed by atoms with van der Waals surface area (Å²) in [4.78, 5) is 0.620. The number of hydrogen-bond acceptors (Lipinski definition) is 4. The van der Waals surface area contributed by atoms with Crippen LogP contribution in [-0.2, 0) is 16.6 Å². The number of halogens is 1. The van der Waals surface area contributed by atoms with E-state index in [0.717, 1.165) is 10.0 Å². The van der Waals surface area contributed by atoms with Crippen molar-refractivity contribution in [3.63, 3.8) is 0 Å². The molecular weight excluding hydrogens is 362 g/mol. The lowest BCUT2D eigenvalue weighted by atomic mass is 10.2. The van der Waals surface area contributed by atoms with Crippen LogP contribution < -0.4 is 4.72 Å². The molecule has 108 valence electrons. The van der Waals surface area contributed by atoms with E-state index in [4.69, 9.17) is 0 Å². The molecule has 20 heavy (non-hydrogen) atoms. The average Bonchev–Trinajstić information content (AvgIpc) is 2.75. The summed E-state index contributed by atoms with van der Waals surface area (Å²) >= 11 is 4.62. The SMILES string of the molecule is Cc1cc(NS(=O)(=O)c2c(C)csc2CO)ccc1Br. The van der Waals surface area contributed by atoms with Gasteiger partial charge in [-0.25, -0.2) is 8.42 Å². The Labute approximate surface area is 130 Å². The molecule has 1 aromatic heterocycles. The normalized spacial score (nSPS) is 11.6. The van der Waals surface area contributed by atoms with Gasteiger partial charge in [-0.2, -0.15) is 0 Å². The lowest BCUT2D eigenvalue weighted by molar-refractivity contribution is 0.282. The van der Waals surface area contributed by atoms with Crippen LogP contribution in [-0.4, -0.2) is 13.5 Å². The zero-order valence-corrected chi connectivity index (χ0v) is 14.2. The second-order valence-corrected chi connectivity index (χ2v) is 7.84. The van der Waals surface area contributed by atoms with Crippen molar-refractivity contribution in [1.82, 2.24) is 0 Å². The molecule has 0 radical (unpaired) electrons. The fourth-order valence-corrected chi connectivity index (χ4v) is 4.83. The number of aliphatic hydroxyl groups is 1. The largest absolute Gasteiger partial charge is 0.391 e. The van der Waals surface area contributed by atoms with Gasteiger partial charge in [0.2, 0.25) is 0 Å². The second kappa shape index (κ2) is 5.85. The van der Waals surface area contributed by atoms with Crippen LogP contribution in [0, 0.1) is 13.8 Å². The van der Waals surface area contributed by atoms with Gasteiger partial charge in [-0.15, -0.1) is 11.3 Å². The summed E-state index contributed by atoms with van der Waals surface area (Å²) in [5, 5.41) is 11.0. The Balaban J connectivity index is 2.40. The molecule has 0 atom stereocenters. The molecule has 0 fully saturated rings. The molecule has 0 bridgehead atoms. The number of rotatable bonds is 4. The predicted octanol–water partition coefficient (Wildman–Crippen LogP) is 3.42. The maximum Gasteiger partial charge on any atom is 0.263 e. The fourth-order valence-electron chi connectivity index (χ4n) is 1.87. The van der Waals surface area contributed by atoms with Crippen LogP contribution in [0.1, 0.15) is 16.0 Å². The number of anilines is 1. The monoisotopic (exact) mass is 375 g/mol. The predicted molar refractivity (Wildman–Crippen MR) is 84.7 cm³/mol. The summed E-state index contributed by atoms with van der Waals surface area (Å²) in [6.45, 7) is 3.32. The maximum absolute atomic E-state index is 12.4. The lowest BCUT2D eigenvalue weighted by Gasteiger charge is -2.10. The number of benzene rings is 1. The summed E-state index contributed by atoms with van der Waals surface area (Å²) in [5.74, 6) is 0. The van der Waals surface area contributed by atoms with Gasteiger partial charge in [-0.1, -0.05) is 15.9 Å². The molecule has 2 aromatic rings. The molecule has 1 heterocycles. The average molecular weight is 376 g/mol. The Kier molecular flexibility index (Phi) is 4.53. The first-order valence-electron chi connectivity index (χ1n) is 5.82. The molecule has 2 rings (SSSR count). The van der Waals surface area contributed by atoms with Crippen molar-refractivity contribution in [1.29, 1.82) is 0 Å². The van der Waals surface area contributed by atoms with Crippen molar-refractivity contribution in [2.75, 3.05) is 4.72 Å². The molecule has 0 unspecified atom stereocenters. The molecule has 2 N–H and O–H groups in total. The van der Waals surface area contributed by atoms with Gasteiger partial charge >= 0.3 is 0 Å². The molecule has 4 nitrogen and oxygen atoms in total. The highest BCUT2D eigenvalue weighted by atomic mass is 79.9. The van der Waals surface area contributed by atoms with Crippen LogP contribution >= 0.6 is 27.3 Å². The number of sulfonamides is 1. The van der Waals surface area contributed by atoms with Gasteiger partial charge in [-0.3, -0.25) is 4.72 Å². The Hall–Kier alpha value is -0.890. The van der Waals surface area contributed by atoms with Crippen LogP contribution in [0.25, 0.3) is 0 Å². The Morgan fingerprint density at radius 3 is 2.60 bits per heavy atom. The molecule has 0 spiro atoms. The van der Waals surface area contributed by atoms with Gasteiger partial charge < -0.3 is 5.11 Å². The van der Waals surface area contributed by atoms with E-state index in [0.29, 0.717) is 16.1 Å². The number of aryl methyl sites for hydroxylation is 2. The van der Waals surface area contributed by atoms with Crippen molar-refractivity contribution in [3.05, 3.63) is 44.1 Å². The van der Waals surface area contributed by atoms with Crippen molar-refractivity contribution < 1.29 is 13.5 Å². The van der Waals surface area contributed by atoms with Gasteiger partial charge in [0.15, 0.2) is 0 Å². The van der Waals surface area contributed by atoms with Crippen LogP contribution in [0.3, 0.4) is 0 Å². The van der Waals surface area contributed by atoms with Crippen LogP contribution in [0.15, 0.2) is 32.9 Å². The van der Waals surface area contributed by atoms with E-state index in [1.165, 1.54) is 11.3 Å². The topological polar surface area (TPSA) is 66.4 Å². The van der Waals surface area contributed by atoms with Crippen LogP contribution in [0.2, 0.25) is 0 Å². The van der Waals surface area contributed by atoms with E-state index in [9.17, 15) is 13.5 Å². The molecule has 0 aliphatic heterocycles. The molecule has 0 aliphatic carbocycles. The smallest absolute Gasteiger partial charge is 0.263 e. The van der Waals surface area contributed by atoms with E-state index >= 15 is 0 Å². The first-order valence-corrected chi connectivity index (χ1v) is 8.97. The van der Waals surface area contributed by atoms with E-state index in [1.807, 2.05) is 6.92 Å². The first kappa shape index (κ1) is 15.5. The summed E-state index contributed by atoms with van der Waals surface area (Å²) in [7, 11) is -3.69. The zero-order valence-electron chi connectivity index (χ0n) is 11.0. The Morgan fingerprint density at radius 2 is 2.00 bits per heavy atom. The van der Waals surface area contributed by atoms with E-state index in [2.05, 4.69) is 20.7 Å². The molecule has 7 heteroatoms. The third-order valence-corrected chi connectivity index (χ3v) is 6.53. The van der Waals surface area contributed by atoms with Crippen molar-refractivity contribution >= 4 is 43.0 Å². The van der Waals surface area contributed by atoms with E-state index in [1.54, 1.807) is 30.5 Å². The summed E-state index contributed by atoms with van der Waals surface area (Å²) in [6.07, 6.45) is 0.